The van der Waals surface area contributed by atoms with Crippen molar-refractivity contribution in [1.29, 1.82) is 0 Å². The van der Waals surface area contributed by atoms with Crippen molar-refractivity contribution in [3.05, 3.63) is 71.0 Å². The Labute approximate surface area is 170 Å². The summed E-state index contributed by atoms with van der Waals surface area (Å²) in [5.41, 5.74) is 4.06. The van der Waals surface area contributed by atoms with Gasteiger partial charge < -0.3 is 20.1 Å². The lowest BCUT2D eigenvalue weighted by Gasteiger charge is -2.12. The van der Waals surface area contributed by atoms with Crippen LogP contribution in [0.15, 0.2) is 48.7 Å². The first kappa shape index (κ1) is 20.1. The van der Waals surface area contributed by atoms with Crippen molar-refractivity contribution in [3.8, 4) is 11.5 Å². The van der Waals surface area contributed by atoms with Crippen LogP contribution in [-0.4, -0.2) is 30.1 Å². The Kier molecular flexibility index (Phi) is 6.29. The van der Waals surface area contributed by atoms with E-state index in [4.69, 9.17) is 9.47 Å². The number of hydrogen-bond donors (Lipinski definition) is 2. The van der Waals surface area contributed by atoms with Gasteiger partial charge in [0.1, 0.15) is 5.69 Å². The van der Waals surface area contributed by atoms with Crippen molar-refractivity contribution in [2.24, 2.45) is 0 Å². The minimum Gasteiger partial charge on any atom is -0.493 e. The fraction of sp³-hybridized carbons (Fsp3) is 0.227. The molecule has 3 aromatic rings. The molecule has 0 radical (unpaired) electrons. The van der Waals surface area contributed by atoms with Crippen LogP contribution in [0.2, 0.25) is 0 Å². The Morgan fingerprint density at radius 1 is 1.00 bits per heavy atom. The molecule has 0 unspecified atom stereocenters. The third-order valence-corrected chi connectivity index (χ3v) is 4.51. The van der Waals surface area contributed by atoms with Crippen molar-refractivity contribution in [3.63, 3.8) is 0 Å². The number of nitrogens with one attached hydrogen (secondary N) is 2. The van der Waals surface area contributed by atoms with Crippen LogP contribution < -0.4 is 20.1 Å². The molecule has 0 aliphatic carbocycles. The van der Waals surface area contributed by atoms with E-state index in [9.17, 15) is 4.79 Å². The van der Waals surface area contributed by atoms with E-state index < -0.39 is 0 Å². The summed E-state index contributed by atoms with van der Waals surface area (Å²) in [6.07, 6.45) is 1.56. The first-order valence-electron chi connectivity index (χ1n) is 9.17. The minimum absolute atomic E-state index is 0.279. The third kappa shape index (κ3) is 4.82. The topological polar surface area (TPSA) is 85.4 Å². The molecule has 0 aliphatic rings. The zero-order chi connectivity index (χ0) is 20.8. The van der Waals surface area contributed by atoms with Crippen LogP contribution in [0.4, 0.5) is 11.6 Å². The Balaban J connectivity index is 1.70. The fourth-order valence-corrected chi connectivity index (χ4v) is 2.93. The van der Waals surface area contributed by atoms with Crippen LogP contribution >= 0.6 is 0 Å². The molecule has 0 saturated carbocycles. The first-order chi connectivity index (χ1) is 14.0. The maximum absolute atomic E-state index is 12.6. The summed E-state index contributed by atoms with van der Waals surface area (Å²) in [6.45, 7) is 4.39. The van der Waals surface area contributed by atoms with Gasteiger partial charge in [-0.25, -0.2) is 9.97 Å². The van der Waals surface area contributed by atoms with Gasteiger partial charge in [-0.1, -0.05) is 24.3 Å². The maximum Gasteiger partial charge on any atom is 0.274 e. The van der Waals surface area contributed by atoms with E-state index in [0.717, 1.165) is 22.4 Å². The zero-order valence-electron chi connectivity index (χ0n) is 16.9. The summed E-state index contributed by atoms with van der Waals surface area (Å²) in [4.78, 5) is 21.2. The quantitative estimate of drug-likeness (QED) is 0.633. The first-order valence-corrected chi connectivity index (χ1v) is 9.17. The smallest absolute Gasteiger partial charge is 0.274 e. The second-order valence-electron chi connectivity index (χ2n) is 6.53. The minimum atomic E-state index is -0.279. The van der Waals surface area contributed by atoms with E-state index in [1.807, 2.05) is 50.2 Å². The number of amides is 1. The standard InChI is InChI=1S/C22H24N4O3/c1-14-6-5-7-15(2)20(14)26-21(27)17-10-11-23-22(25-17)24-13-16-8-9-18(28-3)19(12-16)29-4/h5-12H,13H2,1-4H3,(H,26,27)(H,23,24,25). The second-order valence-corrected chi connectivity index (χ2v) is 6.53. The van der Waals surface area contributed by atoms with Gasteiger partial charge in [-0.05, 0) is 48.7 Å². The van der Waals surface area contributed by atoms with E-state index in [0.29, 0.717) is 24.0 Å². The van der Waals surface area contributed by atoms with Crippen LogP contribution in [0, 0.1) is 13.8 Å². The van der Waals surface area contributed by atoms with Crippen LogP contribution in [0.5, 0.6) is 11.5 Å². The fourth-order valence-electron chi connectivity index (χ4n) is 2.93. The summed E-state index contributed by atoms with van der Waals surface area (Å²) in [5.74, 6) is 1.40. The van der Waals surface area contributed by atoms with E-state index in [-0.39, 0.29) is 11.6 Å². The van der Waals surface area contributed by atoms with E-state index in [2.05, 4.69) is 20.6 Å². The zero-order valence-corrected chi connectivity index (χ0v) is 16.9. The van der Waals surface area contributed by atoms with Crippen molar-refractivity contribution in [2.45, 2.75) is 20.4 Å². The molecule has 0 saturated heterocycles. The number of methoxy groups -OCH3 is 2. The Morgan fingerprint density at radius 3 is 2.41 bits per heavy atom. The van der Waals surface area contributed by atoms with Gasteiger partial charge in [-0.15, -0.1) is 0 Å². The van der Waals surface area contributed by atoms with Gasteiger partial charge in [0.2, 0.25) is 5.95 Å². The van der Waals surface area contributed by atoms with Crippen molar-refractivity contribution < 1.29 is 14.3 Å². The highest BCUT2D eigenvalue weighted by Crippen LogP contribution is 2.27. The molecule has 1 amide bonds. The summed E-state index contributed by atoms with van der Waals surface area (Å²) < 4.78 is 10.6. The molecule has 2 aromatic carbocycles. The Morgan fingerprint density at radius 2 is 1.72 bits per heavy atom. The van der Waals surface area contributed by atoms with E-state index >= 15 is 0 Å². The van der Waals surface area contributed by atoms with Crippen LogP contribution in [0.1, 0.15) is 27.2 Å². The third-order valence-electron chi connectivity index (χ3n) is 4.51. The summed E-state index contributed by atoms with van der Waals surface area (Å²) in [5, 5.41) is 6.07. The number of para-hydroxylation sites is 1. The van der Waals surface area contributed by atoms with Crippen molar-refractivity contribution >= 4 is 17.5 Å². The summed E-state index contributed by atoms with van der Waals surface area (Å²) in [7, 11) is 3.19. The van der Waals surface area contributed by atoms with Gasteiger partial charge >= 0.3 is 0 Å². The number of aromatic nitrogens is 2. The van der Waals surface area contributed by atoms with Crippen molar-refractivity contribution in [2.75, 3.05) is 24.9 Å². The molecule has 1 heterocycles. The second kappa shape index (κ2) is 9.05. The van der Waals surface area contributed by atoms with Crippen LogP contribution in [0.25, 0.3) is 0 Å². The number of nitrogens with zero attached hydrogens (tertiary/aromatic N) is 2. The molecule has 7 heteroatoms. The number of ether oxygens (including phenoxy) is 2. The lowest BCUT2D eigenvalue weighted by Crippen LogP contribution is -2.16. The van der Waals surface area contributed by atoms with E-state index in [1.54, 1.807) is 26.5 Å². The number of aryl methyl sites for hydroxylation is 2. The SMILES string of the molecule is COc1ccc(CNc2nccc(C(=O)Nc3c(C)cccc3C)n2)cc1OC. The molecule has 3 rings (SSSR count). The molecule has 29 heavy (non-hydrogen) atoms. The van der Waals surface area contributed by atoms with Gasteiger partial charge in [0.25, 0.3) is 5.91 Å². The maximum atomic E-state index is 12.6. The highest BCUT2D eigenvalue weighted by Gasteiger charge is 2.12. The summed E-state index contributed by atoms with van der Waals surface area (Å²) in [6, 6.07) is 13.1. The number of anilines is 2. The lowest BCUT2D eigenvalue weighted by molar-refractivity contribution is 0.102. The molecular formula is C22H24N4O3. The number of carbonyl (C=O) groups is 1. The molecule has 0 spiro atoms. The largest absolute Gasteiger partial charge is 0.493 e. The Hall–Kier alpha value is -3.61. The number of benzene rings is 2. The average molecular weight is 392 g/mol. The molecule has 2 N–H and O–H groups in total. The highest BCUT2D eigenvalue weighted by atomic mass is 16.5. The number of rotatable bonds is 7. The molecule has 0 fully saturated rings. The van der Waals surface area contributed by atoms with Crippen LogP contribution in [-0.2, 0) is 6.54 Å². The lowest BCUT2D eigenvalue weighted by atomic mass is 10.1. The molecule has 1 aromatic heterocycles. The van der Waals surface area contributed by atoms with Gasteiger partial charge in [-0.2, -0.15) is 0 Å². The molecular weight excluding hydrogens is 368 g/mol. The monoisotopic (exact) mass is 392 g/mol. The molecule has 7 nitrogen and oxygen atoms in total. The van der Waals surface area contributed by atoms with Gasteiger partial charge in [0, 0.05) is 18.4 Å². The Bertz CT molecular complexity index is 1000. The normalized spacial score (nSPS) is 10.3. The van der Waals surface area contributed by atoms with Crippen molar-refractivity contribution in [1.82, 2.24) is 9.97 Å². The highest BCUT2D eigenvalue weighted by molar-refractivity contribution is 6.03. The average Bonchev–Trinajstić information content (AvgIpc) is 2.74. The molecule has 0 aliphatic heterocycles. The number of carbonyl (C=O) groups excluding carboxylic acids is 1. The molecule has 0 atom stereocenters. The molecule has 150 valence electrons. The predicted octanol–water partition coefficient (Wildman–Crippen LogP) is 3.98. The molecule has 0 bridgehead atoms. The number of hydrogen-bond acceptors (Lipinski definition) is 6. The van der Waals surface area contributed by atoms with E-state index in [1.165, 1.54) is 0 Å². The van der Waals surface area contributed by atoms with Gasteiger partial charge in [-0.3, -0.25) is 4.79 Å². The van der Waals surface area contributed by atoms with Gasteiger partial charge in [0.15, 0.2) is 11.5 Å². The van der Waals surface area contributed by atoms with Crippen LogP contribution in [0.3, 0.4) is 0 Å². The summed E-state index contributed by atoms with van der Waals surface area (Å²) >= 11 is 0. The van der Waals surface area contributed by atoms with Gasteiger partial charge in [0.05, 0.1) is 14.2 Å². The predicted molar refractivity (Wildman–Crippen MR) is 113 cm³/mol.